The van der Waals surface area contributed by atoms with Crippen LogP contribution < -0.4 is 0 Å². The van der Waals surface area contributed by atoms with E-state index in [9.17, 15) is 51.8 Å². The van der Waals surface area contributed by atoms with Crippen LogP contribution in [-0.2, 0) is 0 Å². The molecular formula is B3F12Ga. The van der Waals surface area contributed by atoms with Gasteiger partial charge in [-0.25, -0.2) is 0 Å². The number of hydrogen-bond acceptors (Lipinski definition) is 0. The predicted molar refractivity (Wildman–Crippen MR) is 36.3 cm³/mol. The first-order chi connectivity index (χ1) is 6.00. The Labute approximate surface area is 94.1 Å². The third-order valence-corrected chi connectivity index (χ3v) is 0. The van der Waals surface area contributed by atoms with Crippen LogP contribution in [0.2, 0.25) is 0 Å². The summed E-state index contributed by atoms with van der Waals surface area (Å²) in [7, 11) is -18.0. The van der Waals surface area contributed by atoms with Gasteiger partial charge in [-0.15, -0.1) is 0 Å². The molecule has 0 aromatic carbocycles. The minimum Gasteiger partial charge on any atom is -0.418 e. The molecule has 0 aliphatic rings. The van der Waals surface area contributed by atoms with Crippen molar-refractivity contribution in [3.8, 4) is 0 Å². The Kier molecular flexibility index (Phi) is 14.2. The van der Waals surface area contributed by atoms with Gasteiger partial charge in [0.25, 0.3) is 0 Å². The molecule has 0 amide bonds. The first-order valence-corrected chi connectivity index (χ1v) is 2.62. The molecule has 0 heterocycles. The van der Waals surface area contributed by atoms with Gasteiger partial charge < -0.3 is 51.8 Å². The molecule has 0 nitrogen and oxygen atoms in total. The average Bonchev–Trinajstić information content (AvgIpc) is 1.41. The fraction of sp³-hybridized carbons (Fsp3) is 0. The predicted octanol–water partition coefficient (Wildman–Crippen LogP) is 3.52. The third kappa shape index (κ3) is 30300000. The molecule has 0 bridgehead atoms. The smallest absolute Gasteiger partial charge is 0.418 e. The van der Waals surface area contributed by atoms with Crippen LogP contribution in [-0.4, -0.2) is 41.6 Å². The Balaban J connectivity index is -0.0000000655. The van der Waals surface area contributed by atoms with Crippen LogP contribution in [0.25, 0.3) is 0 Å². The Bertz CT molecular complexity index is 91.3. The molecule has 0 atom stereocenters. The maximum Gasteiger partial charge on any atom is 3.00 e. The Morgan fingerprint density at radius 3 is 0.312 bits per heavy atom. The Morgan fingerprint density at radius 2 is 0.312 bits per heavy atom. The van der Waals surface area contributed by atoms with E-state index in [4.69, 9.17) is 0 Å². The van der Waals surface area contributed by atoms with Gasteiger partial charge in [0.15, 0.2) is 0 Å². The summed E-state index contributed by atoms with van der Waals surface area (Å²) in [6.45, 7) is 0. The van der Waals surface area contributed by atoms with Crippen molar-refractivity contribution in [1.82, 2.24) is 0 Å². The minimum atomic E-state index is -6.00. The maximum absolute atomic E-state index is 9.75. The van der Waals surface area contributed by atoms with Gasteiger partial charge in [0.1, 0.15) is 0 Å². The standard InChI is InChI=1S/3BF4.Ga/c3*2-1(3,4)5;/q3*-1;+3. The zero-order valence-electron chi connectivity index (χ0n) is 6.84. The van der Waals surface area contributed by atoms with E-state index >= 15 is 0 Å². The third-order valence-electron chi connectivity index (χ3n) is 0. The van der Waals surface area contributed by atoms with Gasteiger partial charge >= 0.3 is 41.6 Å². The summed E-state index contributed by atoms with van der Waals surface area (Å²) in [6.07, 6.45) is 0. The average molecular weight is 330 g/mol. The molecule has 0 fully saturated rings. The number of rotatable bonds is 0. The topological polar surface area (TPSA) is 0 Å². The van der Waals surface area contributed by atoms with E-state index in [-0.39, 0.29) is 19.8 Å². The summed E-state index contributed by atoms with van der Waals surface area (Å²) in [5, 5.41) is 0. The van der Waals surface area contributed by atoms with Crippen molar-refractivity contribution in [1.29, 1.82) is 0 Å². The van der Waals surface area contributed by atoms with E-state index < -0.39 is 21.8 Å². The normalized spacial score (nSPS) is 11.2. The summed E-state index contributed by atoms with van der Waals surface area (Å²) >= 11 is 0. The van der Waals surface area contributed by atoms with E-state index in [1.165, 1.54) is 0 Å². The molecule has 0 aromatic heterocycles. The molecule has 0 N–H and O–H groups in total. The van der Waals surface area contributed by atoms with Crippen LogP contribution in [0.1, 0.15) is 0 Å². The largest absolute Gasteiger partial charge is 3.00 e. The second kappa shape index (κ2) is 9.07. The van der Waals surface area contributed by atoms with Crippen molar-refractivity contribution in [2.45, 2.75) is 0 Å². The number of hydrogen-bond donors (Lipinski definition) is 0. The summed E-state index contributed by atoms with van der Waals surface area (Å²) in [6, 6.07) is 0. The van der Waals surface area contributed by atoms with E-state index in [1.54, 1.807) is 0 Å². The van der Waals surface area contributed by atoms with E-state index in [2.05, 4.69) is 0 Å². The van der Waals surface area contributed by atoms with Gasteiger partial charge in [-0.3, -0.25) is 0 Å². The number of halogens is 12. The monoisotopic (exact) mass is 330 g/mol. The molecule has 0 saturated heterocycles. The molecule has 16 heteroatoms. The van der Waals surface area contributed by atoms with Crippen LogP contribution in [0.4, 0.5) is 51.8 Å². The molecule has 96 valence electrons. The van der Waals surface area contributed by atoms with Crippen LogP contribution in [0.5, 0.6) is 0 Å². The van der Waals surface area contributed by atoms with Crippen LogP contribution in [0.3, 0.4) is 0 Å². The summed E-state index contributed by atoms with van der Waals surface area (Å²) in [5.74, 6) is 0. The fourth-order valence-electron chi connectivity index (χ4n) is 0. The maximum atomic E-state index is 9.75. The summed E-state index contributed by atoms with van der Waals surface area (Å²) in [4.78, 5) is 0. The second-order valence-corrected chi connectivity index (χ2v) is 1.48. The summed E-state index contributed by atoms with van der Waals surface area (Å²) in [5.41, 5.74) is 0. The molecule has 16 heavy (non-hydrogen) atoms. The SMILES string of the molecule is F[B-](F)(F)F.F[B-](F)(F)F.F[B-](F)(F)F.[Ga+3]. The van der Waals surface area contributed by atoms with Crippen molar-refractivity contribution in [3.05, 3.63) is 0 Å². The van der Waals surface area contributed by atoms with E-state index in [0.717, 1.165) is 0 Å². The molecule has 0 aliphatic carbocycles. The fourth-order valence-corrected chi connectivity index (χ4v) is 0. The van der Waals surface area contributed by atoms with Gasteiger partial charge in [0.2, 0.25) is 0 Å². The van der Waals surface area contributed by atoms with Gasteiger partial charge in [-0.05, 0) is 0 Å². The molecule has 0 aromatic rings. The quantitative estimate of drug-likeness (QED) is 0.471. The van der Waals surface area contributed by atoms with Gasteiger partial charge in [-0.2, -0.15) is 0 Å². The Morgan fingerprint density at radius 1 is 0.312 bits per heavy atom. The Hall–Kier alpha value is -0.00883. The van der Waals surface area contributed by atoms with Gasteiger partial charge in [0, 0.05) is 0 Å². The van der Waals surface area contributed by atoms with E-state index in [1.807, 2.05) is 0 Å². The molecule has 0 aliphatic heterocycles. The van der Waals surface area contributed by atoms with E-state index in [0.29, 0.717) is 0 Å². The van der Waals surface area contributed by atoms with Crippen molar-refractivity contribution in [3.63, 3.8) is 0 Å². The van der Waals surface area contributed by atoms with Crippen molar-refractivity contribution >= 4 is 41.6 Å². The minimum absolute atomic E-state index is 0. The van der Waals surface area contributed by atoms with Crippen molar-refractivity contribution < 1.29 is 51.8 Å². The van der Waals surface area contributed by atoms with Gasteiger partial charge in [0.05, 0.1) is 0 Å². The van der Waals surface area contributed by atoms with Crippen LogP contribution in [0.15, 0.2) is 0 Å². The van der Waals surface area contributed by atoms with Crippen LogP contribution in [0, 0.1) is 0 Å². The van der Waals surface area contributed by atoms with Crippen molar-refractivity contribution in [2.24, 2.45) is 0 Å². The summed E-state index contributed by atoms with van der Waals surface area (Å²) < 4.78 is 117. The first-order valence-electron chi connectivity index (χ1n) is 2.62. The zero-order valence-corrected chi connectivity index (χ0v) is 9.27. The molecule has 0 saturated carbocycles. The van der Waals surface area contributed by atoms with Crippen LogP contribution >= 0.6 is 0 Å². The molecular weight excluding hydrogens is 330 g/mol. The second-order valence-electron chi connectivity index (χ2n) is 1.48. The molecule has 0 rings (SSSR count). The molecule has 0 spiro atoms. The van der Waals surface area contributed by atoms with Crippen molar-refractivity contribution in [2.75, 3.05) is 0 Å². The van der Waals surface area contributed by atoms with Gasteiger partial charge in [-0.1, -0.05) is 0 Å². The first kappa shape index (κ1) is 25.0. The zero-order chi connectivity index (χ0) is 13.5. The molecule has 0 radical (unpaired) electrons. The molecule has 0 unspecified atom stereocenters.